The van der Waals surface area contributed by atoms with Crippen LogP contribution in [0.15, 0.2) is 42.5 Å². The Balaban J connectivity index is 1.70. The number of ether oxygens (including phenoxy) is 1. The lowest BCUT2D eigenvalue weighted by atomic mass is 10.1. The molecule has 0 aliphatic heterocycles. The minimum Gasteiger partial charge on any atom is -0.490 e. The van der Waals surface area contributed by atoms with Crippen molar-refractivity contribution in [3.05, 3.63) is 42.5 Å². The molecule has 0 radical (unpaired) electrons. The lowest BCUT2D eigenvalue weighted by Gasteiger charge is -2.14. The number of fused-ring (bicyclic) bond motifs is 3. The van der Waals surface area contributed by atoms with Gasteiger partial charge in [0.2, 0.25) is 0 Å². The van der Waals surface area contributed by atoms with Crippen LogP contribution in [-0.2, 0) is 0 Å². The zero-order valence-electron chi connectivity index (χ0n) is 13.5. The molecular formula is C19H24N2O2. The molecule has 1 unspecified atom stereocenters. The fourth-order valence-electron chi connectivity index (χ4n) is 2.80. The maximum atomic E-state index is 10.1. The van der Waals surface area contributed by atoms with Crippen molar-refractivity contribution in [3.8, 4) is 5.75 Å². The fraction of sp³-hybridized carbons (Fsp3) is 0.368. The minimum atomic E-state index is -0.507. The Labute approximate surface area is 136 Å². The summed E-state index contributed by atoms with van der Waals surface area (Å²) in [5.74, 6) is 0.813. The molecule has 4 heteroatoms. The van der Waals surface area contributed by atoms with Gasteiger partial charge in [-0.3, -0.25) is 0 Å². The first kappa shape index (κ1) is 15.8. The second-order valence-electron chi connectivity index (χ2n) is 5.87. The van der Waals surface area contributed by atoms with Crippen LogP contribution >= 0.6 is 0 Å². The number of unbranched alkanes of at least 4 members (excludes halogenated alkanes) is 1. The van der Waals surface area contributed by atoms with Crippen LogP contribution in [0.4, 0.5) is 0 Å². The Bertz CT molecular complexity index is 766. The first-order valence-corrected chi connectivity index (χ1v) is 8.30. The standard InChI is InChI=1S/C19H24N2O2/c1-2-3-11-20-12-14(22)13-23-18-10-6-9-17-19(18)15-7-4-5-8-16(15)21-17/h4-10,14,20-22H,2-3,11-13H2,1H3. The number of rotatable bonds is 8. The Kier molecular flexibility index (Phi) is 5.16. The number of aliphatic hydroxyl groups excluding tert-OH is 1. The molecule has 3 N–H and O–H groups in total. The van der Waals surface area contributed by atoms with Gasteiger partial charge in [0.1, 0.15) is 18.5 Å². The summed E-state index contributed by atoms with van der Waals surface area (Å²) in [6.07, 6.45) is 1.78. The van der Waals surface area contributed by atoms with E-state index in [0.717, 1.165) is 46.9 Å². The molecular weight excluding hydrogens is 288 g/mol. The average Bonchev–Trinajstić information content (AvgIpc) is 2.96. The molecule has 0 aliphatic rings. The molecule has 0 aliphatic carbocycles. The normalized spacial score (nSPS) is 12.8. The quantitative estimate of drug-likeness (QED) is 0.558. The van der Waals surface area contributed by atoms with Crippen LogP contribution < -0.4 is 10.1 Å². The molecule has 0 saturated heterocycles. The molecule has 4 nitrogen and oxygen atoms in total. The molecule has 1 atom stereocenters. The number of hydrogen-bond acceptors (Lipinski definition) is 3. The van der Waals surface area contributed by atoms with E-state index >= 15 is 0 Å². The number of nitrogens with one attached hydrogen (secondary N) is 2. The number of aromatic amines is 1. The second kappa shape index (κ2) is 7.49. The van der Waals surface area contributed by atoms with Crippen LogP contribution in [0.3, 0.4) is 0 Å². The minimum absolute atomic E-state index is 0.289. The average molecular weight is 312 g/mol. The third kappa shape index (κ3) is 3.66. The molecule has 0 saturated carbocycles. The molecule has 3 rings (SSSR count). The molecule has 3 aromatic rings. The molecule has 0 bridgehead atoms. The molecule has 1 heterocycles. The molecule has 0 amide bonds. The molecule has 2 aromatic carbocycles. The zero-order valence-corrected chi connectivity index (χ0v) is 13.5. The van der Waals surface area contributed by atoms with E-state index < -0.39 is 6.10 Å². The lowest BCUT2D eigenvalue weighted by Crippen LogP contribution is -2.31. The van der Waals surface area contributed by atoms with Gasteiger partial charge in [0, 0.05) is 22.8 Å². The van der Waals surface area contributed by atoms with E-state index in [1.165, 1.54) is 0 Å². The zero-order chi connectivity index (χ0) is 16.1. The van der Waals surface area contributed by atoms with Crippen molar-refractivity contribution >= 4 is 21.8 Å². The van der Waals surface area contributed by atoms with Crippen LogP contribution in [-0.4, -0.2) is 35.9 Å². The molecule has 23 heavy (non-hydrogen) atoms. The maximum absolute atomic E-state index is 10.1. The van der Waals surface area contributed by atoms with Gasteiger partial charge in [-0.1, -0.05) is 37.6 Å². The molecule has 1 aromatic heterocycles. The predicted octanol–water partition coefficient (Wildman–Crippen LogP) is 3.45. The summed E-state index contributed by atoms with van der Waals surface area (Å²) in [5.41, 5.74) is 2.15. The Hall–Kier alpha value is -2.04. The van der Waals surface area contributed by atoms with Crippen molar-refractivity contribution in [2.75, 3.05) is 19.7 Å². The smallest absolute Gasteiger partial charge is 0.129 e. The van der Waals surface area contributed by atoms with Crippen molar-refractivity contribution in [1.82, 2.24) is 10.3 Å². The van der Waals surface area contributed by atoms with Crippen molar-refractivity contribution in [2.24, 2.45) is 0 Å². The Morgan fingerprint density at radius 1 is 1.13 bits per heavy atom. The number of benzene rings is 2. The van der Waals surface area contributed by atoms with Gasteiger partial charge in [0.25, 0.3) is 0 Å². The number of aliphatic hydroxyl groups is 1. The SMILES string of the molecule is CCCCNCC(O)COc1cccc2[nH]c3ccccc3c12. The highest BCUT2D eigenvalue weighted by Gasteiger charge is 2.11. The summed E-state index contributed by atoms with van der Waals surface area (Å²) in [5, 5.41) is 15.5. The molecule has 0 spiro atoms. The van der Waals surface area contributed by atoms with Gasteiger partial charge in [0.05, 0.1) is 5.52 Å². The highest BCUT2D eigenvalue weighted by Crippen LogP contribution is 2.32. The van der Waals surface area contributed by atoms with Crippen LogP contribution in [0.5, 0.6) is 5.75 Å². The van der Waals surface area contributed by atoms with Gasteiger partial charge in [0.15, 0.2) is 0 Å². The highest BCUT2D eigenvalue weighted by molar-refractivity contribution is 6.10. The van der Waals surface area contributed by atoms with Crippen LogP contribution in [0.25, 0.3) is 21.8 Å². The van der Waals surface area contributed by atoms with Gasteiger partial charge < -0.3 is 20.1 Å². The summed E-state index contributed by atoms with van der Waals surface area (Å²) in [6, 6.07) is 14.2. The number of para-hydroxylation sites is 1. The van der Waals surface area contributed by atoms with E-state index in [0.29, 0.717) is 6.54 Å². The Morgan fingerprint density at radius 2 is 1.96 bits per heavy atom. The summed E-state index contributed by atoms with van der Waals surface area (Å²) in [7, 11) is 0. The lowest BCUT2D eigenvalue weighted by molar-refractivity contribution is 0.107. The largest absolute Gasteiger partial charge is 0.490 e. The third-order valence-corrected chi connectivity index (χ3v) is 4.01. The first-order chi connectivity index (χ1) is 11.3. The topological polar surface area (TPSA) is 57.3 Å². The fourth-order valence-corrected chi connectivity index (χ4v) is 2.80. The summed E-state index contributed by atoms with van der Waals surface area (Å²) >= 11 is 0. The van der Waals surface area contributed by atoms with Gasteiger partial charge in [-0.15, -0.1) is 0 Å². The maximum Gasteiger partial charge on any atom is 0.129 e. The van der Waals surface area contributed by atoms with Crippen molar-refractivity contribution in [3.63, 3.8) is 0 Å². The van der Waals surface area contributed by atoms with Crippen molar-refractivity contribution in [1.29, 1.82) is 0 Å². The van der Waals surface area contributed by atoms with E-state index in [9.17, 15) is 5.11 Å². The number of hydrogen-bond donors (Lipinski definition) is 3. The summed E-state index contributed by atoms with van der Waals surface area (Å²) in [4.78, 5) is 3.40. The molecule has 122 valence electrons. The van der Waals surface area contributed by atoms with Crippen molar-refractivity contribution in [2.45, 2.75) is 25.9 Å². The first-order valence-electron chi connectivity index (χ1n) is 8.30. The van der Waals surface area contributed by atoms with Crippen LogP contribution in [0, 0.1) is 0 Å². The number of H-pyrrole nitrogens is 1. The highest BCUT2D eigenvalue weighted by atomic mass is 16.5. The van der Waals surface area contributed by atoms with E-state index in [4.69, 9.17) is 4.74 Å². The Morgan fingerprint density at radius 3 is 2.83 bits per heavy atom. The van der Waals surface area contributed by atoms with Gasteiger partial charge in [-0.05, 0) is 31.2 Å². The van der Waals surface area contributed by atoms with E-state index in [1.807, 2.05) is 30.3 Å². The second-order valence-corrected chi connectivity index (χ2v) is 5.87. The van der Waals surface area contributed by atoms with Gasteiger partial charge >= 0.3 is 0 Å². The third-order valence-electron chi connectivity index (χ3n) is 4.01. The number of aromatic nitrogens is 1. The van der Waals surface area contributed by atoms with E-state index in [-0.39, 0.29) is 6.61 Å². The van der Waals surface area contributed by atoms with Gasteiger partial charge in [-0.2, -0.15) is 0 Å². The molecule has 0 fully saturated rings. The predicted molar refractivity (Wildman–Crippen MR) is 95.1 cm³/mol. The van der Waals surface area contributed by atoms with Crippen LogP contribution in [0.2, 0.25) is 0 Å². The summed E-state index contributed by atoms with van der Waals surface area (Å²) in [6.45, 7) is 3.94. The monoisotopic (exact) mass is 312 g/mol. The van der Waals surface area contributed by atoms with Gasteiger partial charge in [-0.25, -0.2) is 0 Å². The van der Waals surface area contributed by atoms with Crippen LogP contribution in [0.1, 0.15) is 19.8 Å². The summed E-state index contributed by atoms with van der Waals surface area (Å²) < 4.78 is 5.89. The van der Waals surface area contributed by atoms with E-state index in [2.05, 4.69) is 29.4 Å². The van der Waals surface area contributed by atoms with E-state index in [1.54, 1.807) is 0 Å². The van der Waals surface area contributed by atoms with Crippen molar-refractivity contribution < 1.29 is 9.84 Å².